The summed E-state index contributed by atoms with van der Waals surface area (Å²) in [5.41, 5.74) is 4.06. The van der Waals surface area contributed by atoms with Crippen molar-refractivity contribution in [2.75, 3.05) is 24.7 Å². The van der Waals surface area contributed by atoms with Crippen LogP contribution in [0.25, 0.3) is 0 Å². The quantitative estimate of drug-likeness (QED) is 0.634. The third-order valence-corrected chi connectivity index (χ3v) is 6.27. The highest BCUT2D eigenvalue weighted by Crippen LogP contribution is 2.46. The van der Waals surface area contributed by atoms with Crippen molar-refractivity contribution in [1.82, 2.24) is 9.80 Å². The zero-order valence-electron chi connectivity index (χ0n) is 18.8. The molecule has 0 saturated carbocycles. The zero-order valence-corrected chi connectivity index (χ0v) is 19.6. The monoisotopic (exact) mass is 448 g/mol. The van der Waals surface area contributed by atoms with Gasteiger partial charge in [-0.15, -0.1) is 0 Å². The van der Waals surface area contributed by atoms with Crippen LogP contribution in [-0.4, -0.2) is 40.8 Å². The second-order valence-corrected chi connectivity index (χ2v) is 9.63. The normalized spacial score (nSPS) is 20.2. The molecule has 0 bridgehead atoms. The number of carbonyl (C=O) groups is 2. The molecule has 2 N–H and O–H groups in total. The molecular formula is C25H28N4O2S. The van der Waals surface area contributed by atoms with E-state index in [1.54, 1.807) is 23.9 Å². The van der Waals surface area contributed by atoms with Gasteiger partial charge in [0.25, 0.3) is 0 Å². The maximum Gasteiger partial charge on any atom is 0.324 e. The predicted octanol–water partition coefficient (Wildman–Crippen LogP) is 5.18. The summed E-state index contributed by atoms with van der Waals surface area (Å²) in [6.45, 7) is 4.15. The summed E-state index contributed by atoms with van der Waals surface area (Å²) in [5.74, 6) is 0.114. The van der Waals surface area contributed by atoms with E-state index in [1.165, 1.54) is 0 Å². The highest BCUT2D eigenvalue weighted by molar-refractivity contribution is 7.80. The van der Waals surface area contributed by atoms with Gasteiger partial charge in [-0.05, 0) is 53.9 Å². The van der Waals surface area contributed by atoms with E-state index >= 15 is 0 Å². The van der Waals surface area contributed by atoms with E-state index in [0.717, 1.165) is 28.2 Å². The Morgan fingerprint density at radius 2 is 1.53 bits per heavy atom. The van der Waals surface area contributed by atoms with Gasteiger partial charge in [0, 0.05) is 43.2 Å². The van der Waals surface area contributed by atoms with Crippen LogP contribution in [-0.2, 0) is 4.79 Å². The number of ketones is 1. The maximum atomic E-state index is 13.2. The smallest absolute Gasteiger partial charge is 0.324 e. The first-order valence-electron chi connectivity index (χ1n) is 10.7. The van der Waals surface area contributed by atoms with Crippen LogP contribution in [0.4, 0.5) is 16.2 Å². The number of allylic oxidation sites excluding steroid dienone is 1. The second kappa shape index (κ2) is 8.39. The molecule has 0 radical (unpaired) electrons. The highest BCUT2D eigenvalue weighted by Gasteiger charge is 2.45. The number of para-hydroxylation sites is 1. The summed E-state index contributed by atoms with van der Waals surface area (Å²) in [5, 5.41) is 6.81. The minimum Gasteiger partial charge on any atom is -0.332 e. The zero-order chi connectivity index (χ0) is 23.0. The van der Waals surface area contributed by atoms with Crippen molar-refractivity contribution < 1.29 is 9.59 Å². The van der Waals surface area contributed by atoms with E-state index < -0.39 is 0 Å². The van der Waals surface area contributed by atoms with Gasteiger partial charge in [-0.3, -0.25) is 4.79 Å². The first-order valence-corrected chi connectivity index (χ1v) is 11.1. The van der Waals surface area contributed by atoms with E-state index in [4.69, 9.17) is 12.2 Å². The van der Waals surface area contributed by atoms with Crippen molar-refractivity contribution in [3.05, 3.63) is 71.4 Å². The van der Waals surface area contributed by atoms with E-state index in [0.29, 0.717) is 18.0 Å². The molecule has 2 aromatic carbocycles. The topological polar surface area (TPSA) is 64.7 Å². The van der Waals surface area contributed by atoms with Crippen LogP contribution in [0.3, 0.4) is 0 Å². The van der Waals surface area contributed by atoms with E-state index in [2.05, 4.69) is 24.5 Å². The highest BCUT2D eigenvalue weighted by atomic mass is 32.1. The van der Waals surface area contributed by atoms with Crippen LogP contribution in [0.5, 0.6) is 0 Å². The van der Waals surface area contributed by atoms with E-state index in [9.17, 15) is 9.59 Å². The average molecular weight is 449 g/mol. The van der Waals surface area contributed by atoms with Crippen LogP contribution in [0.2, 0.25) is 0 Å². The number of nitrogens with one attached hydrogen (secondary N) is 2. The molecule has 166 valence electrons. The Morgan fingerprint density at radius 3 is 2.16 bits per heavy atom. The number of urea groups is 1. The summed E-state index contributed by atoms with van der Waals surface area (Å²) < 4.78 is 0. The first kappa shape index (κ1) is 22.0. The van der Waals surface area contributed by atoms with Crippen LogP contribution in [0, 0.1) is 5.41 Å². The molecule has 1 heterocycles. The molecule has 2 amide bonds. The Kier molecular flexibility index (Phi) is 5.77. The number of carbonyl (C=O) groups excluding carboxylic acids is 2. The van der Waals surface area contributed by atoms with E-state index in [-0.39, 0.29) is 23.3 Å². The molecular weight excluding hydrogens is 420 g/mol. The molecule has 0 saturated heterocycles. The molecule has 2 aromatic rings. The molecule has 0 spiro atoms. The molecule has 0 fully saturated rings. The fraction of sp³-hybridized carbons (Fsp3) is 0.320. The molecule has 6 nitrogen and oxygen atoms in total. The van der Waals surface area contributed by atoms with Gasteiger partial charge < -0.3 is 20.4 Å². The molecule has 4 rings (SSSR count). The number of likely N-dealkylation sites (N-methyl/N-ethyl adjacent to an activating group) is 1. The van der Waals surface area contributed by atoms with Gasteiger partial charge in [0.15, 0.2) is 10.9 Å². The Hall–Kier alpha value is -3.19. The largest absolute Gasteiger partial charge is 0.332 e. The third-order valence-electron chi connectivity index (χ3n) is 6.07. The Labute approximate surface area is 194 Å². The lowest BCUT2D eigenvalue weighted by molar-refractivity contribution is -0.119. The first-order chi connectivity index (χ1) is 15.2. The Morgan fingerprint density at radius 1 is 0.938 bits per heavy atom. The Balaban J connectivity index is 1.58. The molecule has 32 heavy (non-hydrogen) atoms. The number of rotatable bonds is 3. The van der Waals surface area contributed by atoms with Gasteiger partial charge in [-0.2, -0.15) is 0 Å². The fourth-order valence-corrected chi connectivity index (χ4v) is 4.76. The van der Waals surface area contributed by atoms with Crippen molar-refractivity contribution in [3.8, 4) is 0 Å². The van der Waals surface area contributed by atoms with Crippen LogP contribution < -0.4 is 10.6 Å². The molecule has 0 aromatic heterocycles. The summed E-state index contributed by atoms with van der Waals surface area (Å²) in [6, 6.07) is 17.0. The van der Waals surface area contributed by atoms with Gasteiger partial charge in [0.05, 0.1) is 6.04 Å². The van der Waals surface area contributed by atoms with Gasteiger partial charge in [0.2, 0.25) is 0 Å². The Bertz CT molecular complexity index is 1090. The lowest BCUT2D eigenvalue weighted by Crippen LogP contribution is -2.50. The number of anilines is 2. The molecule has 1 unspecified atom stereocenters. The number of benzene rings is 2. The fourth-order valence-electron chi connectivity index (χ4n) is 4.52. The van der Waals surface area contributed by atoms with Crippen LogP contribution in [0.1, 0.15) is 38.3 Å². The summed E-state index contributed by atoms with van der Waals surface area (Å²) in [6.07, 6.45) is 1.19. The minimum absolute atomic E-state index is 0.102. The van der Waals surface area contributed by atoms with Gasteiger partial charge >= 0.3 is 6.03 Å². The molecule has 1 aliphatic heterocycles. The lowest BCUT2D eigenvalue weighted by atomic mass is 9.72. The van der Waals surface area contributed by atoms with Crippen LogP contribution in [0.15, 0.2) is 65.9 Å². The van der Waals surface area contributed by atoms with Gasteiger partial charge in [-0.1, -0.05) is 44.2 Å². The average Bonchev–Trinajstić information content (AvgIpc) is 2.74. The number of amides is 2. The SMILES string of the molecule is CN1C(=O)N(C)C(c2ccc(NC(=S)Nc3ccccc3)cc2)C2=C1CC(C)(C)CC2=O. The predicted molar refractivity (Wildman–Crippen MR) is 131 cm³/mol. The molecule has 1 atom stereocenters. The maximum absolute atomic E-state index is 13.2. The van der Waals surface area contributed by atoms with Crippen LogP contribution >= 0.6 is 12.2 Å². The number of hydrogen-bond donors (Lipinski definition) is 2. The third kappa shape index (κ3) is 4.25. The summed E-state index contributed by atoms with van der Waals surface area (Å²) in [4.78, 5) is 29.4. The number of hydrogen-bond acceptors (Lipinski definition) is 3. The lowest BCUT2D eigenvalue weighted by Gasteiger charge is -2.45. The van der Waals surface area contributed by atoms with Crippen molar-refractivity contribution in [2.45, 2.75) is 32.7 Å². The minimum atomic E-state index is -0.388. The van der Waals surface area contributed by atoms with Crippen molar-refractivity contribution >= 4 is 40.5 Å². The van der Waals surface area contributed by atoms with E-state index in [1.807, 2.05) is 54.6 Å². The molecule has 1 aliphatic carbocycles. The summed E-state index contributed by atoms with van der Waals surface area (Å²) in [7, 11) is 3.51. The van der Waals surface area contributed by atoms with Crippen molar-refractivity contribution in [3.63, 3.8) is 0 Å². The summed E-state index contributed by atoms with van der Waals surface area (Å²) >= 11 is 5.40. The number of thiocarbonyl (C=S) groups is 1. The second-order valence-electron chi connectivity index (χ2n) is 9.22. The number of Topliss-reactive ketones (excluding diaryl/α,β-unsaturated/α-hetero) is 1. The van der Waals surface area contributed by atoms with Crippen molar-refractivity contribution in [1.29, 1.82) is 0 Å². The number of nitrogens with zero attached hydrogens (tertiary/aromatic N) is 2. The molecule has 7 heteroatoms. The van der Waals surface area contributed by atoms with Crippen molar-refractivity contribution in [2.24, 2.45) is 5.41 Å². The standard InChI is InChI=1S/C25H28N4O2S/c1-25(2)14-19-21(20(30)15-25)22(29(4)24(31)28(19)3)16-10-12-18(13-11-16)27-23(32)26-17-8-6-5-7-9-17/h5-13,22H,14-15H2,1-4H3,(H2,26,27,32). The van der Waals surface area contributed by atoms with Gasteiger partial charge in [0.1, 0.15) is 0 Å². The molecule has 2 aliphatic rings. The van der Waals surface area contributed by atoms with Gasteiger partial charge in [-0.25, -0.2) is 4.79 Å².